The van der Waals surface area contributed by atoms with E-state index < -0.39 is 33.4 Å². The van der Waals surface area contributed by atoms with Gasteiger partial charge in [0, 0.05) is 30.4 Å². The summed E-state index contributed by atoms with van der Waals surface area (Å²) in [4.78, 5) is 34.5. The highest BCUT2D eigenvalue weighted by Crippen LogP contribution is 2.40. The van der Waals surface area contributed by atoms with E-state index in [0.717, 1.165) is 11.6 Å². The van der Waals surface area contributed by atoms with Gasteiger partial charge in [0.2, 0.25) is 0 Å². The van der Waals surface area contributed by atoms with Gasteiger partial charge in [-0.05, 0) is 47.9 Å². The van der Waals surface area contributed by atoms with Crippen LogP contribution in [0.5, 0.6) is 11.5 Å². The van der Waals surface area contributed by atoms with Crippen molar-refractivity contribution in [3.8, 4) is 11.5 Å². The minimum absolute atomic E-state index is 0.0180. The quantitative estimate of drug-likeness (QED) is 0.168. The molecule has 0 radical (unpaired) electrons. The van der Waals surface area contributed by atoms with E-state index in [2.05, 4.69) is 5.32 Å². The molecule has 1 N–H and O–H groups in total. The van der Waals surface area contributed by atoms with Gasteiger partial charge in [-0.3, -0.25) is 19.2 Å². The number of anilines is 2. The number of amides is 1. The molecule has 3 aromatic rings. The highest BCUT2D eigenvalue weighted by Gasteiger charge is 2.34. The van der Waals surface area contributed by atoms with E-state index in [1.807, 2.05) is 12.1 Å². The number of carbonyl (C=O) groups is 2. The largest absolute Gasteiger partial charge is 0.493 e. The van der Waals surface area contributed by atoms with Crippen LogP contribution in [0, 0.1) is 10.1 Å². The summed E-state index contributed by atoms with van der Waals surface area (Å²) in [5, 5.41) is 13.3. The van der Waals surface area contributed by atoms with Gasteiger partial charge < -0.3 is 19.5 Å². The van der Waals surface area contributed by atoms with Crippen LogP contribution in [0.3, 0.4) is 0 Å². The topological polar surface area (TPSA) is 154 Å². The van der Waals surface area contributed by atoms with E-state index in [0.29, 0.717) is 17.7 Å². The second-order valence-corrected chi connectivity index (χ2v) is 10.3. The van der Waals surface area contributed by atoms with Crippen molar-refractivity contribution in [1.82, 2.24) is 0 Å². The van der Waals surface area contributed by atoms with Gasteiger partial charge in [-0.2, -0.15) is 0 Å². The summed E-state index contributed by atoms with van der Waals surface area (Å²) in [6.07, 6.45) is 2.91. The number of benzene rings is 3. The molecule has 4 rings (SSSR count). The number of para-hydroxylation sites is 1. The Kier molecular flexibility index (Phi) is 8.34. The SMILES string of the molecule is COc1cc(/C=C/C(=O)OCC(=O)Nc2cccc([N+](=O)[O-])c2)cc(S(=O)(=O)N2CCc3ccccc32)c1OC. The smallest absolute Gasteiger partial charge is 0.331 e. The molecule has 1 heterocycles. The fraction of sp³-hybridized carbons (Fsp3) is 0.185. The Morgan fingerprint density at radius 1 is 1.07 bits per heavy atom. The van der Waals surface area contributed by atoms with Crippen LogP contribution in [0.2, 0.25) is 0 Å². The van der Waals surface area contributed by atoms with Gasteiger partial charge in [-0.1, -0.05) is 24.3 Å². The van der Waals surface area contributed by atoms with Crippen molar-refractivity contribution in [3.05, 3.63) is 88.0 Å². The van der Waals surface area contributed by atoms with Gasteiger partial charge in [0.1, 0.15) is 4.90 Å². The number of ether oxygens (including phenoxy) is 3. The molecule has 1 aliphatic heterocycles. The first-order valence-electron chi connectivity index (χ1n) is 11.9. The zero-order valence-electron chi connectivity index (χ0n) is 21.5. The fourth-order valence-electron chi connectivity index (χ4n) is 4.16. The van der Waals surface area contributed by atoms with Gasteiger partial charge in [-0.15, -0.1) is 0 Å². The molecule has 1 amide bonds. The Labute approximate surface area is 230 Å². The number of non-ortho nitro benzene ring substituents is 1. The molecule has 1 aliphatic rings. The number of hydrogen-bond donors (Lipinski definition) is 1. The van der Waals surface area contributed by atoms with Crippen molar-refractivity contribution in [1.29, 1.82) is 0 Å². The molecule has 13 heteroatoms. The lowest BCUT2D eigenvalue weighted by molar-refractivity contribution is -0.384. The average Bonchev–Trinajstić information content (AvgIpc) is 3.39. The van der Waals surface area contributed by atoms with Gasteiger partial charge in [0.15, 0.2) is 18.1 Å². The predicted octanol–water partition coefficient (Wildman–Crippen LogP) is 3.56. The van der Waals surface area contributed by atoms with Gasteiger partial charge in [0.25, 0.3) is 21.6 Å². The first kappa shape index (κ1) is 28.1. The van der Waals surface area contributed by atoms with Crippen LogP contribution in [0.1, 0.15) is 11.1 Å². The predicted molar refractivity (Wildman–Crippen MR) is 146 cm³/mol. The number of rotatable bonds is 10. The van der Waals surface area contributed by atoms with E-state index in [9.17, 15) is 28.1 Å². The van der Waals surface area contributed by atoms with Crippen LogP contribution in [-0.2, 0) is 30.8 Å². The van der Waals surface area contributed by atoms with E-state index in [1.54, 1.807) is 12.1 Å². The zero-order valence-corrected chi connectivity index (χ0v) is 22.3. The molecule has 0 saturated carbocycles. The van der Waals surface area contributed by atoms with E-state index in [1.165, 1.54) is 61.0 Å². The number of sulfonamides is 1. The normalized spacial score (nSPS) is 12.6. The highest BCUT2D eigenvalue weighted by atomic mass is 32.2. The maximum atomic E-state index is 13.7. The minimum Gasteiger partial charge on any atom is -0.493 e. The molecule has 0 spiro atoms. The van der Waals surface area contributed by atoms with Crippen LogP contribution >= 0.6 is 0 Å². The third kappa shape index (κ3) is 6.04. The number of hydrogen-bond acceptors (Lipinski definition) is 9. The molecule has 0 fully saturated rings. The monoisotopic (exact) mass is 567 g/mol. The van der Waals surface area contributed by atoms with Crippen LogP contribution in [-0.4, -0.2) is 52.6 Å². The summed E-state index contributed by atoms with van der Waals surface area (Å²) in [5.74, 6) is -1.42. The second-order valence-electron chi connectivity index (χ2n) is 8.51. The zero-order chi connectivity index (χ0) is 28.9. The molecule has 0 unspecified atom stereocenters. The molecule has 208 valence electrons. The van der Waals surface area contributed by atoms with Crippen molar-refractivity contribution in [2.45, 2.75) is 11.3 Å². The first-order chi connectivity index (χ1) is 19.1. The first-order valence-corrected chi connectivity index (χ1v) is 13.3. The van der Waals surface area contributed by atoms with Crippen LogP contribution < -0.4 is 19.1 Å². The van der Waals surface area contributed by atoms with Gasteiger partial charge in [-0.25, -0.2) is 13.2 Å². The highest BCUT2D eigenvalue weighted by molar-refractivity contribution is 7.93. The molecular formula is C27H25N3O9S. The Morgan fingerprint density at radius 2 is 1.85 bits per heavy atom. The maximum absolute atomic E-state index is 13.7. The summed E-state index contributed by atoms with van der Waals surface area (Å²) >= 11 is 0. The standard InChI is InChI=1S/C27H25N3O9S/c1-37-23-14-18(10-11-26(32)39-17-25(31)28-20-7-5-8-21(16-20)30(33)34)15-24(27(23)38-2)40(35,36)29-13-12-19-6-3-4-9-22(19)29/h3-11,14-16H,12-13,17H2,1-2H3,(H,28,31)/b11-10+. The Balaban J connectivity index is 1.50. The third-order valence-electron chi connectivity index (χ3n) is 5.98. The number of nitrogens with one attached hydrogen (secondary N) is 1. The van der Waals surface area contributed by atoms with Gasteiger partial charge >= 0.3 is 5.97 Å². The number of carbonyl (C=O) groups excluding carboxylic acids is 2. The van der Waals surface area contributed by atoms with Crippen molar-refractivity contribution < 1.29 is 37.1 Å². The lowest BCUT2D eigenvalue weighted by Crippen LogP contribution is -2.29. The molecule has 0 bridgehead atoms. The number of nitrogens with zero attached hydrogens (tertiary/aromatic N) is 2. The molecule has 0 aliphatic carbocycles. The molecule has 0 atom stereocenters. The average molecular weight is 568 g/mol. The molecule has 12 nitrogen and oxygen atoms in total. The van der Waals surface area contributed by atoms with Crippen molar-refractivity contribution >= 4 is 45.0 Å². The molecular weight excluding hydrogens is 542 g/mol. The molecule has 0 aromatic heterocycles. The number of esters is 1. The van der Waals surface area contributed by atoms with Crippen LogP contribution in [0.15, 0.2) is 71.6 Å². The molecule has 0 saturated heterocycles. The van der Waals surface area contributed by atoms with E-state index in [-0.39, 0.29) is 34.3 Å². The minimum atomic E-state index is -4.07. The maximum Gasteiger partial charge on any atom is 0.331 e. The molecule has 3 aromatic carbocycles. The lowest BCUT2D eigenvalue weighted by Gasteiger charge is -2.22. The summed E-state index contributed by atoms with van der Waals surface area (Å²) < 4.78 is 44.4. The van der Waals surface area contributed by atoms with Crippen LogP contribution in [0.25, 0.3) is 6.08 Å². The van der Waals surface area contributed by atoms with Gasteiger partial charge in [0.05, 0.1) is 24.8 Å². The summed E-state index contributed by atoms with van der Waals surface area (Å²) in [6.45, 7) is -0.385. The number of nitro benzene ring substituents is 1. The lowest BCUT2D eigenvalue weighted by atomic mass is 10.2. The fourth-order valence-corrected chi connectivity index (χ4v) is 5.87. The van der Waals surface area contributed by atoms with E-state index >= 15 is 0 Å². The Hall–Kier alpha value is -4.91. The summed E-state index contributed by atoms with van der Waals surface area (Å²) in [6, 6.07) is 15.4. The van der Waals surface area contributed by atoms with Crippen LogP contribution in [0.4, 0.5) is 17.1 Å². The number of nitro groups is 1. The second kappa shape index (κ2) is 11.9. The van der Waals surface area contributed by atoms with Crippen molar-refractivity contribution in [3.63, 3.8) is 0 Å². The third-order valence-corrected chi connectivity index (χ3v) is 7.80. The summed E-state index contributed by atoms with van der Waals surface area (Å²) in [5.41, 5.74) is 1.76. The Morgan fingerprint density at radius 3 is 2.58 bits per heavy atom. The van der Waals surface area contributed by atoms with Crippen molar-refractivity contribution in [2.24, 2.45) is 0 Å². The number of fused-ring (bicyclic) bond motifs is 1. The Bertz CT molecular complexity index is 1600. The summed E-state index contributed by atoms with van der Waals surface area (Å²) in [7, 11) is -1.37. The van der Waals surface area contributed by atoms with E-state index in [4.69, 9.17) is 14.2 Å². The molecule has 40 heavy (non-hydrogen) atoms. The van der Waals surface area contributed by atoms with Crippen molar-refractivity contribution in [2.75, 3.05) is 37.0 Å². The number of methoxy groups -OCH3 is 2.